The molecule has 0 aromatic carbocycles. The summed E-state index contributed by atoms with van der Waals surface area (Å²) in [6.07, 6.45) is 2.70. The van der Waals surface area contributed by atoms with Crippen molar-refractivity contribution in [2.24, 2.45) is 0 Å². The van der Waals surface area contributed by atoms with Crippen molar-refractivity contribution in [2.45, 2.75) is 52.4 Å². The van der Waals surface area contributed by atoms with E-state index in [2.05, 4.69) is 0 Å². The molecule has 0 aromatic rings. The Morgan fingerprint density at radius 1 is 0.810 bits per heavy atom. The van der Waals surface area contributed by atoms with Crippen LogP contribution in [0.1, 0.15) is 52.4 Å². The zero-order valence-electron chi connectivity index (χ0n) is 12.7. The molecule has 0 rings (SSSR count). The number of carbonyl (C=O) groups excluding carboxylic acids is 2. The predicted molar refractivity (Wildman–Crippen MR) is 78.4 cm³/mol. The van der Waals surface area contributed by atoms with Gasteiger partial charge >= 0.3 is 19.5 Å². The minimum Gasteiger partial charge on any atom is -0.529 e. The van der Waals surface area contributed by atoms with Crippen LogP contribution in [0.5, 0.6) is 0 Å². The van der Waals surface area contributed by atoms with Gasteiger partial charge in [-0.15, -0.1) is 0 Å². The van der Waals surface area contributed by atoms with Gasteiger partial charge in [-0.05, 0) is 12.8 Å². The molecule has 6 nitrogen and oxygen atoms in total. The number of nitrogens with zero attached hydrogens (tertiary/aromatic N) is 2. The average Bonchev–Trinajstić information content (AvgIpc) is 2.39. The van der Waals surface area contributed by atoms with Crippen LogP contribution < -0.4 is 10.2 Å². The summed E-state index contributed by atoms with van der Waals surface area (Å²) in [7, 11) is 1.74. The van der Waals surface area contributed by atoms with Gasteiger partial charge in [-0.1, -0.05) is 39.5 Å². The summed E-state index contributed by atoms with van der Waals surface area (Å²) in [6, 6.07) is 0. The SMILES string of the molecule is CCCCCN(SSN(CCCCC)C(=O)[O-])C(=O)[O-].[Zn+2]. The molecule has 0 saturated heterocycles. The molecule has 2 amide bonds. The summed E-state index contributed by atoms with van der Waals surface area (Å²) in [6.45, 7) is 4.72. The van der Waals surface area contributed by atoms with Crippen LogP contribution in [0.2, 0.25) is 0 Å². The molecule has 0 aliphatic carbocycles. The first kappa shape index (κ1) is 23.1. The van der Waals surface area contributed by atoms with Crippen molar-refractivity contribution in [3.05, 3.63) is 0 Å². The van der Waals surface area contributed by atoms with E-state index in [-0.39, 0.29) is 19.5 Å². The summed E-state index contributed by atoms with van der Waals surface area (Å²) in [5.74, 6) is 0. The zero-order valence-corrected chi connectivity index (χ0v) is 17.3. The van der Waals surface area contributed by atoms with E-state index in [0.29, 0.717) is 13.1 Å². The predicted octanol–water partition coefficient (Wildman–Crippen LogP) is 1.87. The minimum atomic E-state index is -1.30. The molecule has 0 bridgehead atoms. The fourth-order valence-corrected chi connectivity index (χ4v) is 3.39. The molecule has 0 radical (unpaired) electrons. The van der Waals surface area contributed by atoms with Gasteiger partial charge in [-0.3, -0.25) is 8.61 Å². The van der Waals surface area contributed by atoms with Gasteiger partial charge in [0.25, 0.3) is 0 Å². The van der Waals surface area contributed by atoms with Crippen LogP contribution >= 0.6 is 22.0 Å². The number of carbonyl (C=O) groups is 2. The molecule has 21 heavy (non-hydrogen) atoms. The molecule has 9 heteroatoms. The van der Waals surface area contributed by atoms with Gasteiger partial charge in [0, 0.05) is 35.0 Å². The second kappa shape index (κ2) is 14.8. The van der Waals surface area contributed by atoms with Crippen LogP contribution in [-0.2, 0) is 19.5 Å². The van der Waals surface area contributed by atoms with Gasteiger partial charge in [0.2, 0.25) is 0 Å². The van der Waals surface area contributed by atoms with Crippen molar-refractivity contribution in [3.63, 3.8) is 0 Å². The number of rotatable bonds is 11. The molecule has 0 aromatic heterocycles. The summed E-state index contributed by atoms with van der Waals surface area (Å²) >= 11 is 0. The molecule has 0 atom stereocenters. The van der Waals surface area contributed by atoms with Crippen LogP contribution in [0.25, 0.3) is 0 Å². The molecule has 0 saturated carbocycles. The fourth-order valence-electron chi connectivity index (χ4n) is 1.41. The second-order valence-corrected chi connectivity index (χ2v) is 6.37. The van der Waals surface area contributed by atoms with Gasteiger partial charge in [-0.25, -0.2) is 0 Å². The number of hydrogen-bond donors (Lipinski definition) is 0. The Morgan fingerprint density at radius 2 is 1.14 bits per heavy atom. The molecule has 0 aliphatic heterocycles. The van der Waals surface area contributed by atoms with Gasteiger partial charge in [0.15, 0.2) is 0 Å². The summed E-state index contributed by atoms with van der Waals surface area (Å²) in [5.41, 5.74) is 0. The quantitative estimate of drug-likeness (QED) is 0.233. The first-order valence-corrected chi connectivity index (χ1v) is 8.91. The Labute approximate surface area is 147 Å². The van der Waals surface area contributed by atoms with E-state index in [0.717, 1.165) is 69.1 Å². The molecule has 0 fully saturated rings. The first-order valence-electron chi connectivity index (χ1n) is 6.84. The maximum atomic E-state index is 10.9. The van der Waals surface area contributed by atoms with Crippen molar-refractivity contribution < 1.29 is 39.3 Å². The number of carboxylic acid groups (broad SMARTS) is 2. The summed E-state index contributed by atoms with van der Waals surface area (Å²) in [5, 5.41) is 21.9. The largest absolute Gasteiger partial charge is 2.00 e. The van der Waals surface area contributed by atoms with Crippen LogP contribution in [-0.4, -0.2) is 33.9 Å². The van der Waals surface area contributed by atoms with Crippen molar-refractivity contribution >= 4 is 34.1 Å². The van der Waals surface area contributed by atoms with E-state index >= 15 is 0 Å². The first-order chi connectivity index (χ1) is 9.52. The molecule has 0 N–H and O–H groups in total. The Hall–Kier alpha value is -0.137. The van der Waals surface area contributed by atoms with E-state index in [1.54, 1.807) is 0 Å². The Bertz CT molecular complexity index is 270. The number of hydrogen-bond acceptors (Lipinski definition) is 6. The topological polar surface area (TPSA) is 86.7 Å². The third kappa shape index (κ3) is 12.1. The maximum Gasteiger partial charge on any atom is 2.00 e. The normalized spacial score (nSPS) is 9.81. The molecule has 0 spiro atoms. The molecule has 0 unspecified atom stereocenters. The Balaban J connectivity index is 0. The molecule has 0 heterocycles. The van der Waals surface area contributed by atoms with Gasteiger partial charge < -0.3 is 19.8 Å². The van der Waals surface area contributed by atoms with Gasteiger partial charge in [-0.2, -0.15) is 0 Å². The van der Waals surface area contributed by atoms with Crippen molar-refractivity contribution in [3.8, 4) is 0 Å². The Morgan fingerprint density at radius 3 is 1.38 bits per heavy atom. The third-order valence-corrected chi connectivity index (χ3v) is 4.92. The van der Waals surface area contributed by atoms with Gasteiger partial charge in [0.1, 0.15) is 12.2 Å². The minimum absolute atomic E-state index is 0. The van der Waals surface area contributed by atoms with E-state index < -0.39 is 12.2 Å². The maximum absolute atomic E-state index is 10.9. The van der Waals surface area contributed by atoms with Crippen LogP contribution in [0.15, 0.2) is 0 Å². The summed E-state index contributed by atoms with van der Waals surface area (Å²) < 4.78 is 2.10. The molecule has 0 aliphatic rings. The van der Waals surface area contributed by atoms with Crippen LogP contribution in [0, 0.1) is 0 Å². The number of unbranched alkanes of at least 4 members (excludes halogenated alkanes) is 4. The van der Waals surface area contributed by atoms with E-state index in [1.165, 1.54) is 0 Å². The Kier molecular flexibility index (Phi) is 16.3. The van der Waals surface area contributed by atoms with Crippen molar-refractivity contribution in [2.75, 3.05) is 13.1 Å². The summed E-state index contributed by atoms with van der Waals surface area (Å²) in [4.78, 5) is 21.9. The number of amides is 2. The van der Waals surface area contributed by atoms with Crippen molar-refractivity contribution in [1.82, 2.24) is 8.61 Å². The molecule has 118 valence electrons. The standard InChI is InChI=1S/C12H24N2O4S2.Zn/c1-3-5-7-9-13(11(15)16)19-20-14(12(17)18)10-8-6-4-2;/h3-10H2,1-2H3,(H,15,16)(H,17,18);/q;+2/p-2. The third-order valence-electron chi connectivity index (χ3n) is 2.55. The monoisotopic (exact) mass is 386 g/mol. The zero-order chi connectivity index (χ0) is 15.4. The van der Waals surface area contributed by atoms with Gasteiger partial charge in [0.05, 0.1) is 0 Å². The van der Waals surface area contributed by atoms with Crippen LogP contribution in [0.3, 0.4) is 0 Å². The fraction of sp³-hybridized carbons (Fsp3) is 0.833. The second-order valence-electron chi connectivity index (χ2n) is 4.30. The van der Waals surface area contributed by atoms with E-state index in [1.807, 2.05) is 13.8 Å². The van der Waals surface area contributed by atoms with E-state index in [9.17, 15) is 19.8 Å². The molecular formula is C12H22N2O4S2Zn. The average molecular weight is 388 g/mol. The van der Waals surface area contributed by atoms with E-state index in [4.69, 9.17) is 0 Å². The van der Waals surface area contributed by atoms with Crippen molar-refractivity contribution in [1.29, 1.82) is 0 Å². The molecular weight excluding hydrogens is 366 g/mol. The van der Waals surface area contributed by atoms with Crippen LogP contribution in [0.4, 0.5) is 9.59 Å². The smallest absolute Gasteiger partial charge is 0.529 e.